The summed E-state index contributed by atoms with van der Waals surface area (Å²) in [6, 6.07) is 8.34. The highest BCUT2D eigenvalue weighted by Gasteiger charge is 2.42. The third-order valence-electron chi connectivity index (χ3n) is 7.00. The van der Waals surface area contributed by atoms with E-state index in [0.717, 1.165) is 16.7 Å². The number of hydrogen-bond donors (Lipinski definition) is 6. The fourth-order valence-electron chi connectivity index (χ4n) is 5.07. The molecule has 10 nitrogen and oxygen atoms in total. The average molecular weight is 493 g/mol. The van der Waals surface area contributed by atoms with Crippen molar-refractivity contribution in [3.8, 4) is 23.0 Å². The molecule has 4 rings (SSSR count). The summed E-state index contributed by atoms with van der Waals surface area (Å²) in [6.07, 6.45) is -4.74. The lowest BCUT2D eigenvalue weighted by molar-refractivity contribution is -0.274. The molecule has 1 aliphatic carbocycles. The number of hydrogen-bond acceptors (Lipinski definition) is 10. The summed E-state index contributed by atoms with van der Waals surface area (Å²) in [7, 11) is 2.91. The van der Waals surface area contributed by atoms with Crippen LogP contribution in [0.25, 0.3) is 0 Å². The van der Waals surface area contributed by atoms with E-state index in [2.05, 4.69) is 0 Å². The molecule has 10 heteroatoms. The number of fused-ring (bicyclic) bond motifs is 1. The Kier molecular flexibility index (Phi) is 7.70. The second-order valence-corrected chi connectivity index (χ2v) is 9.03. The Morgan fingerprint density at radius 1 is 0.943 bits per heavy atom. The summed E-state index contributed by atoms with van der Waals surface area (Å²) in [4.78, 5) is 0. The predicted molar refractivity (Wildman–Crippen MR) is 123 cm³/mol. The van der Waals surface area contributed by atoms with Crippen molar-refractivity contribution in [2.45, 2.75) is 36.9 Å². The fourth-order valence-corrected chi connectivity index (χ4v) is 5.07. The number of aromatic hydroxyl groups is 2. The monoisotopic (exact) mass is 492 g/mol. The molecule has 0 aromatic heterocycles. The molecular formula is C25H32O10. The maximum atomic E-state index is 10.5. The van der Waals surface area contributed by atoms with Gasteiger partial charge < -0.3 is 49.6 Å². The first-order valence-electron chi connectivity index (χ1n) is 11.4. The van der Waals surface area contributed by atoms with E-state index in [1.54, 1.807) is 24.3 Å². The maximum absolute atomic E-state index is 10.5. The highest BCUT2D eigenvalue weighted by molar-refractivity contribution is 5.53. The zero-order chi connectivity index (χ0) is 25.3. The zero-order valence-corrected chi connectivity index (χ0v) is 19.6. The van der Waals surface area contributed by atoms with Crippen LogP contribution >= 0.6 is 0 Å². The predicted octanol–water partition coefficient (Wildman–Crippen LogP) is 0.483. The van der Waals surface area contributed by atoms with Crippen molar-refractivity contribution >= 4 is 0 Å². The minimum atomic E-state index is -1.44. The number of ether oxygens (including phenoxy) is 4. The molecule has 0 spiro atoms. The van der Waals surface area contributed by atoms with Gasteiger partial charge in [0.25, 0.3) is 0 Å². The van der Waals surface area contributed by atoms with E-state index < -0.39 is 30.5 Å². The normalized spacial score (nSPS) is 30.5. The molecule has 2 aliphatic rings. The number of aliphatic hydroxyl groups is 4. The molecule has 192 valence electrons. The van der Waals surface area contributed by atoms with Gasteiger partial charge in [-0.25, -0.2) is 0 Å². The molecule has 1 saturated heterocycles. The first-order chi connectivity index (χ1) is 16.8. The highest BCUT2D eigenvalue weighted by Crippen LogP contribution is 2.48. The van der Waals surface area contributed by atoms with Crippen molar-refractivity contribution < 1.29 is 49.6 Å². The molecule has 1 fully saturated rings. The van der Waals surface area contributed by atoms with Gasteiger partial charge in [-0.2, -0.15) is 0 Å². The molecule has 35 heavy (non-hydrogen) atoms. The van der Waals surface area contributed by atoms with E-state index in [4.69, 9.17) is 18.9 Å². The lowest BCUT2D eigenvalue weighted by Crippen LogP contribution is -2.54. The van der Waals surface area contributed by atoms with Crippen LogP contribution in [0.4, 0.5) is 0 Å². The van der Waals surface area contributed by atoms with Crippen molar-refractivity contribution in [1.82, 2.24) is 0 Å². The van der Waals surface area contributed by atoms with E-state index >= 15 is 0 Å². The third-order valence-corrected chi connectivity index (χ3v) is 7.00. The van der Waals surface area contributed by atoms with Crippen molar-refractivity contribution in [2.24, 2.45) is 11.8 Å². The fraction of sp³-hybridized carbons (Fsp3) is 0.520. The SMILES string of the molecule is COc1cc(C2c3cc(O)c(OC)cc3C[C@@H](CO)[C@@H]2CO[C@@H]2OC[C@@H](O)[C@H](O)[C@H]2O)ccc1O. The second kappa shape index (κ2) is 10.6. The van der Waals surface area contributed by atoms with Crippen molar-refractivity contribution in [3.63, 3.8) is 0 Å². The number of aliphatic hydroxyl groups excluding tert-OH is 4. The minimum Gasteiger partial charge on any atom is -0.504 e. The van der Waals surface area contributed by atoms with Gasteiger partial charge in [-0.3, -0.25) is 0 Å². The van der Waals surface area contributed by atoms with Gasteiger partial charge in [0.05, 0.1) is 27.4 Å². The van der Waals surface area contributed by atoms with Crippen molar-refractivity contribution in [1.29, 1.82) is 0 Å². The van der Waals surface area contributed by atoms with Crippen LogP contribution in [0.5, 0.6) is 23.0 Å². The highest BCUT2D eigenvalue weighted by atomic mass is 16.7. The molecule has 2 aromatic rings. The summed E-state index contributed by atoms with van der Waals surface area (Å²) in [5, 5.41) is 60.9. The molecule has 0 radical (unpaired) electrons. The van der Waals surface area contributed by atoms with Gasteiger partial charge in [0.1, 0.15) is 18.3 Å². The number of phenolic OH excluding ortho intramolecular Hbond substituents is 2. The van der Waals surface area contributed by atoms with Crippen LogP contribution in [-0.4, -0.2) is 89.3 Å². The smallest absolute Gasteiger partial charge is 0.186 e. The molecule has 0 saturated carbocycles. The quantitative estimate of drug-likeness (QED) is 0.321. The number of benzene rings is 2. The van der Waals surface area contributed by atoms with Crippen LogP contribution in [0.3, 0.4) is 0 Å². The lowest BCUT2D eigenvalue weighted by atomic mass is 9.67. The van der Waals surface area contributed by atoms with E-state index in [-0.39, 0.29) is 48.9 Å². The van der Waals surface area contributed by atoms with E-state index in [9.17, 15) is 30.6 Å². The Labute approximate surface area is 202 Å². The van der Waals surface area contributed by atoms with Crippen molar-refractivity contribution in [3.05, 3.63) is 47.0 Å². The Morgan fingerprint density at radius 3 is 2.34 bits per heavy atom. The van der Waals surface area contributed by atoms with Gasteiger partial charge in [0.15, 0.2) is 29.3 Å². The van der Waals surface area contributed by atoms with Crippen LogP contribution in [0, 0.1) is 11.8 Å². The van der Waals surface area contributed by atoms with Crippen LogP contribution in [0.2, 0.25) is 0 Å². The van der Waals surface area contributed by atoms with Gasteiger partial charge in [-0.1, -0.05) is 6.07 Å². The molecule has 1 aliphatic heterocycles. The zero-order valence-electron chi connectivity index (χ0n) is 19.6. The van der Waals surface area contributed by atoms with Crippen LogP contribution in [0.1, 0.15) is 22.6 Å². The number of rotatable bonds is 7. The summed E-state index contributed by atoms with van der Waals surface area (Å²) >= 11 is 0. The Hall–Kier alpha value is -2.60. The summed E-state index contributed by atoms with van der Waals surface area (Å²) in [5.74, 6) is -0.459. The van der Waals surface area contributed by atoms with Gasteiger partial charge >= 0.3 is 0 Å². The van der Waals surface area contributed by atoms with Crippen LogP contribution < -0.4 is 9.47 Å². The molecule has 0 amide bonds. The first kappa shape index (κ1) is 25.5. The molecule has 1 unspecified atom stereocenters. The standard InChI is InChI=1S/C25H32O10/c1-32-20-6-12(3-4-17(20)27)22-15-8-18(28)21(33-2)7-13(15)5-14(9-26)16(22)10-34-25-24(31)23(30)19(29)11-35-25/h3-4,6-8,14,16,19,22-31H,5,9-11H2,1-2H3/t14-,16-,19+,22?,23-,24+,25+/m0/s1. The van der Waals surface area contributed by atoms with Crippen LogP contribution in [-0.2, 0) is 15.9 Å². The molecule has 2 aromatic carbocycles. The topological polar surface area (TPSA) is 158 Å². The third kappa shape index (κ3) is 4.90. The van der Waals surface area contributed by atoms with Gasteiger partial charge in [0.2, 0.25) is 0 Å². The molecule has 6 N–H and O–H groups in total. The minimum absolute atomic E-state index is 0.0253. The van der Waals surface area contributed by atoms with Crippen molar-refractivity contribution in [2.75, 3.05) is 34.0 Å². The van der Waals surface area contributed by atoms with E-state index in [0.29, 0.717) is 12.2 Å². The summed E-state index contributed by atoms with van der Waals surface area (Å²) < 4.78 is 21.9. The Balaban J connectivity index is 1.73. The Bertz CT molecular complexity index is 1030. The first-order valence-corrected chi connectivity index (χ1v) is 11.4. The van der Waals surface area contributed by atoms with Gasteiger partial charge in [0, 0.05) is 12.5 Å². The maximum Gasteiger partial charge on any atom is 0.186 e. The summed E-state index contributed by atoms with van der Waals surface area (Å²) in [5.41, 5.74) is 2.45. The summed E-state index contributed by atoms with van der Waals surface area (Å²) in [6.45, 7) is -0.306. The molecule has 1 heterocycles. The lowest BCUT2D eigenvalue weighted by Gasteiger charge is -2.41. The number of phenols is 2. The van der Waals surface area contributed by atoms with Gasteiger partial charge in [-0.15, -0.1) is 0 Å². The van der Waals surface area contributed by atoms with Crippen LogP contribution in [0.15, 0.2) is 30.3 Å². The number of methoxy groups -OCH3 is 2. The van der Waals surface area contributed by atoms with Gasteiger partial charge in [-0.05, 0) is 59.2 Å². The average Bonchev–Trinajstić information content (AvgIpc) is 2.86. The van der Waals surface area contributed by atoms with E-state index in [1.165, 1.54) is 20.3 Å². The Morgan fingerprint density at radius 2 is 1.66 bits per heavy atom. The molecule has 7 atom stereocenters. The largest absolute Gasteiger partial charge is 0.504 e. The molecule has 0 bridgehead atoms. The van der Waals surface area contributed by atoms with E-state index in [1.807, 2.05) is 0 Å². The second-order valence-electron chi connectivity index (χ2n) is 9.03. The molecular weight excluding hydrogens is 460 g/mol.